The van der Waals surface area contributed by atoms with E-state index in [4.69, 9.17) is 9.84 Å². The van der Waals surface area contributed by atoms with E-state index in [1.165, 1.54) is 6.42 Å². The van der Waals surface area contributed by atoms with Gasteiger partial charge in [0.25, 0.3) is 0 Å². The van der Waals surface area contributed by atoms with E-state index < -0.39 is 6.09 Å². The molecule has 9 rings (SSSR count). The third-order valence-electron chi connectivity index (χ3n) is 10.8. The van der Waals surface area contributed by atoms with Crippen molar-refractivity contribution in [3.63, 3.8) is 0 Å². The number of carboxylic acid groups (broad SMARTS) is 1. The topological polar surface area (TPSA) is 176 Å². The Hall–Kier alpha value is -4.59. The van der Waals surface area contributed by atoms with Crippen molar-refractivity contribution in [2.24, 2.45) is 11.8 Å². The van der Waals surface area contributed by atoms with Crippen LogP contribution >= 0.6 is 0 Å². The first-order valence-corrected chi connectivity index (χ1v) is 17.0. The van der Waals surface area contributed by atoms with Crippen LogP contribution in [0.5, 0.6) is 0 Å². The Labute approximate surface area is 270 Å². The first-order valence-electron chi connectivity index (χ1n) is 17.0. The first kappa shape index (κ1) is 29.8. The number of fused-ring (bicyclic) bond motifs is 6. The maximum absolute atomic E-state index is 9.89. The zero-order valence-corrected chi connectivity index (χ0v) is 26.7. The zero-order valence-electron chi connectivity index (χ0n) is 26.7. The maximum Gasteiger partial charge on any atom is 0.404 e. The van der Waals surface area contributed by atoms with Crippen molar-refractivity contribution in [1.29, 1.82) is 0 Å². The van der Waals surface area contributed by atoms with Gasteiger partial charge in [0, 0.05) is 30.3 Å². The van der Waals surface area contributed by atoms with E-state index in [2.05, 4.69) is 80.4 Å². The van der Waals surface area contributed by atoms with Crippen LogP contribution in [0.25, 0.3) is 33.6 Å². The van der Waals surface area contributed by atoms with Gasteiger partial charge < -0.3 is 25.1 Å². The van der Waals surface area contributed by atoms with Crippen LogP contribution < -0.4 is 5.32 Å². The predicted molar refractivity (Wildman–Crippen MR) is 174 cm³/mol. The minimum Gasteiger partial charge on any atom is -0.465 e. The minimum atomic E-state index is -0.894. The van der Waals surface area contributed by atoms with Crippen molar-refractivity contribution < 1.29 is 14.6 Å². The summed E-state index contributed by atoms with van der Waals surface area (Å²) < 4.78 is 11.3. The summed E-state index contributed by atoms with van der Waals surface area (Å²) in [5, 5.41) is 28.8. The molecule has 6 heterocycles. The quantitative estimate of drug-likeness (QED) is 0.173. The number of aromatic nitrogens is 10. The molecule has 6 aromatic heterocycles. The number of H-pyrrole nitrogens is 2. The number of aromatic amines is 2. The number of hydrogen-bond donors (Lipinski definition) is 4. The number of rotatable bonds is 7. The molecule has 246 valence electrons. The average molecular weight is 640 g/mol. The van der Waals surface area contributed by atoms with Crippen molar-refractivity contribution in [1.82, 2.24) is 54.4 Å². The molecule has 14 heteroatoms. The Balaban J connectivity index is 0.000000357. The third kappa shape index (κ3) is 5.37. The van der Waals surface area contributed by atoms with Crippen LogP contribution in [0.3, 0.4) is 0 Å². The third-order valence-corrected chi connectivity index (χ3v) is 10.8. The molecule has 0 unspecified atom stereocenters. The Morgan fingerprint density at radius 1 is 0.830 bits per heavy atom. The molecule has 0 radical (unpaired) electrons. The highest BCUT2D eigenvalue weighted by Crippen LogP contribution is 2.47. The molecular weight excluding hydrogens is 598 g/mol. The van der Waals surface area contributed by atoms with E-state index in [0.29, 0.717) is 23.7 Å². The lowest BCUT2D eigenvalue weighted by Gasteiger charge is -2.24. The van der Waals surface area contributed by atoms with E-state index in [9.17, 15) is 4.79 Å². The summed E-state index contributed by atoms with van der Waals surface area (Å²) in [6.45, 7) is 4.56. The van der Waals surface area contributed by atoms with Crippen molar-refractivity contribution in [2.45, 2.75) is 102 Å². The van der Waals surface area contributed by atoms with Gasteiger partial charge >= 0.3 is 6.09 Å². The number of amides is 1. The minimum absolute atomic E-state index is 0.216. The van der Waals surface area contributed by atoms with E-state index in [0.717, 1.165) is 96.6 Å². The number of nitrogens with zero attached hydrogens (tertiary/aromatic N) is 8. The fourth-order valence-corrected chi connectivity index (χ4v) is 8.18. The van der Waals surface area contributed by atoms with Crippen molar-refractivity contribution in [3.8, 4) is 0 Å². The van der Waals surface area contributed by atoms with Crippen molar-refractivity contribution >= 4 is 39.7 Å². The van der Waals surface area contributed by atoms with Crippen molar-refractivity contribution in [2.75, 3.05) is 0 Å². The Morgan fingerprint density at radius 2 is 1.34 bits per heavy atom. The van der Waals surface area contributed by atoms with Gasteiger partial charge in [-0.1, -0.05) is 26.7 Å². The summed E-state index contributed by atoms with van der Waals surface area (Å²) >= 11 is 0. The molecule has 47 heavy (non-hydrogen) atoms. The highest BCUT2D eigenvalue weighted by molar-refractivity contribution is 5.75. The highest BCUT2D eigenvalue weighted by Gasteiger charge is 2.42. The van der Waals surface area contributed by atoms with Crippen LogP contribution in [0.4, 0.5) is 4.79 Å². The fraction of sp³-hybridized carbons (Fsp3) is 0.545. The number of hydrogen-bond acceptors (Lipinski definition) is 8. The molecule has 3 fully saturated rings. The Morgan fingerprint density at radius 3 is 1.74 bits per heavy atom. The van der Waals surface area contributed by atoms with Gasteiger partial charge in [-0.25, -0.2) is 14.8 Å². The lowest BCUT2D eigenvalue weighted by Crippen LogP contribution is -2.38. The van der Waals surface area contributed by atoms with Gasteiger partial charge in [0.2, 0.25) is 0 Å². The molecule has 1 amide bonds. The van der Waals surface area contributed by atoms with Crippen LogP contribution in [-0.4, -0.2) is 78.6 Å². The van der Waals surface area contributed by atoms with Crippen LogP contribution in [0.2, 0.25) is 0 Å². The monoisotopic (exact) mass is 639 g/mol. The maximum atomic E-state index is 9.89. The second-order valence-electron chi connectivity index (χ2n) is 13.4. The fourth-order valence-electron chi connectivity index (χ4n) is 8.18. The molecule has 4 N–H and O–H groups in total. The molecule has 0 spiro atoms. The van der Waals surface area contributed by atoms with E-state index in [1.54, 1.807) is 12.4 Å². The molecular formula is C33H41N11O3. The average Bonchev–Trinajstić information content (AvgIpc) is 3.88. The van der Waals surface area contributed by atoms with Gasteiger partial charge in [0.05, 0.1) is 35.6 Å². The zero-order chi connectivity index (χ0) is 32.1. The second-order valence-corrected chi connectivity index (χ2v) is 13.4. The molecule has 0 aliphatic heterocycles. The SMILES string of the molecule is CC[C@@H]1C[C@@H](O[C@@H]2C[C@@H](CC)[C@@H](c3nnc4cnc5[nH]ccc5n34)C2)C[C@@H]1c1nnc2cnc3[nH]ccc3n12.O=C(O)NC1CCC1. The smallest absolute Gasteiger partial charge is 0.404 e. The van der Waals surface area contributed by atoms with Gasteiger partial charge in [-0.05, 0) is 68.9 Å². The van der Waals surface area contributed by atoms with E-state index in [-0.39, 0.29) is 18.2 Å². The molecule has 0 saturated heterocycles. The summed E-state index contributed by atoms with van der Waals surface area (Å²) in [5.41, 5.74) is 5.38. The van der Waals surface area contributed by atoms with Gasteiger partial charge in [-0.15, -0.1) is 20.4 Å². The number of nitrogens with one attached hydrogen (secondary N) is 3. The summed E-state index contributed by atoms with van der Waals surface area (Å²) in [5.74, 6) is 3.71. The number of carbonyl (C=O) groups is 1. The van der Waals surface area contributed by atoms with Crippen LogP contribution in [0.15, 0.2) is 36.9 Å². The number of ether oxygens (including phenoxy) is 1. The molecule has 0 bridgehead atoms. The summed E-state index contributed by atoms with van der Waals surface area (Å²) in [6.07, 6.45) is 16.4. The highest BCUT2D eigenvalue weighted by atomic mass is 16.5. The Kier molecular flexibility index (Phi) is 7.74. The standard InChI is InChI=1S/C28H32N10O.C5H9NO2/c1-3-15-9-17(11-19(15)27-35-33-23-13-31-25-21(37(23)27)5-7-29-25)39-18-10-16(4-2)20(12-18)28-36-34-24-14-32-26-22(38(24)28)6-8-30-26;7-5(8)6-4-2-1-3-4/h5-8,13-20,29-30H,3-4,9-12H2,1-2H3;4,6H,1-3H2,(H,7,8)/t15-,16-,17-,18-,19+,20+;/m1./s1. The Bertz CT molecular complexity index is 1890. The first-order chi connectivity index (χ1) is 23.0. The van der Waals surface area contributed by atoms with E-state index in [1.807, 2.05) is 12.4 Å². The molecule has 0 aromatic carbocycles. The van der Waals surface area contributed by atoms with Gasteiger partial charge in [0.1, 0.15) is 11.6 Å². The van der Waals surface area contributed by atoms with Crippen LogP contribution in [-0.2, 0) is 4.74 Å². The lowest BCUT2D eigenvalue weighted by molar-refractivity contribution is -0.00877. The largest absolute Gasteiger partial charge is 0.465 e. The molecule has 3 aliphatic carbocycles. The van der Waals surface area contributed by atoms with Crippen LogP contribution in [0.1, 0.15) is 95.1 Å². The molecule has 3 saturated carbocycles. The van der Waals surface area contributed by atoms with Crippen LogP contribution in [0, 0.1) is 11.8 Å². The van der Waals surface area contributed by atoms with Gasteiger partial charge in [-0.2, -0.15) is 0 Å². The predicted octanol–water partition coefficient (Wildman–Crippen LogP) is 5.59. The normalized spacial score (nSPS) is 26.3. The summed E-state index contributed by atoms with van der Waals surface area (Å²) in [6, 6.07) is 4.37. The van der Waals surface area contributed by atoms with Crippen molar-refractivity contribution in [3.05, 3.63) is 48.6 Å². The van der Waals surface area contributed by atoms with Gasteiger partial charge in [-0.3, -0.25) is 8.80 Å². The lowest BCUT2D eigenvalue weighted by atomic mass is 9.93. The molecule has 3 aliphatic rings. The molecule has 6 atom stereocenters. The molecule has 6 aromatic rings. The van der Waals surface area contributed by atoms with E-state index >= 15 is 0 Å². The van der Waals surface area contributed by atoms with Gasteiger partial charge in [0.15, 0.2) is 22.6 Å². The summed E-state index contributed by atoms with van der Waals surface area (Å²) in [7, 11) is 0. The second kappa shape index (κ2) is 12.2. The molecule has 14 nitrogen and oxygen atoms in total. The summed E-state index contributed by atoms with van der Waals surface area (Å²) in [4.78, 5) is 25.3.